The number of hydrogen-bond donors (Lipinski definition) is 1. The number of benzene rings is 1. The summed E-state index contributed by atoms with van der Waals surface area (Å²) in [6.07, 6.45) is 7.43. The van der Waals surface area contributed by atoms with Crippen LogP contribution in [0, 0.1) is 0 Å². The number of fused-ring (bicyclic) bond motifs is 1. The third kappa shape index (κ3) is 2.61. The van der Waals surface area contributed by atoms with E-state index in [2.05, 4.69) is 28.1 Å². The van der Waals surface area contributed by atoms with Crippen molar-refractivity contribution in [1.82, 2.24) is 0 Å². The third-order valence-electron chi connectivity index (χ3n) is 3.17. The molecule has 0 saturated heterocycles. The Morgan fingerprint density at radius 2 is 2.07 bits per heavy atom. The molecule has 2 rings (SSSR count). The fourth-order valence-corrected chi connectivity index (χ4v) is 2.99. The Hall–Kier alpha value is -0.340. The van der Waals surface area contributed by atoms with E-state index in [9.17, 15) is 0 Å². The van der Waals surface area contributed by atoms with Crippen LogP contribution in [0.5, 0.6) is 0 Å². The first-order valence-corrected chi connectivity index (χ1v) is 6.61. The topological polar surface area (TPSA) is 26.0 Å². The Morgan fingerprint density at radius 1 is 1.20 bits per heavy atom. The minimum Gasteiger partial charge on any atom is -0.330 e. The summed E-state index contributed by atoms with van der Waals surface area (Å²) in [6, 6.07) is 4.58. The number of aryl methyl sites for hydroxylation is 2. The molecule has 0 spiro atoms. The predicted molar refractivity (Wildman–Crippen MR) is 68.2 cm³/mol. The van der Waals surface area contributed by atoms with Gasteiger partial charge in [0.05, 0.1) is 0 Å². The molecular formula is C13H18BrN. The molecule has 0 radical (unpaired) electrons. The summed E-state index contributed by atoms with van der Waals surface area (Å²) in [6.45, 7) is 0.816. The van der Waals surface area contributed by atoms with Crippen molar-refractivity contribution >= 4 is 15.9 Å². The molecular weight excluding hydrogens is 250 g/mol. The number of rotatable bonds is 4. The van der Waals surface area contributed by atoms with Gasteiger partial charge in [-0.05, 0) is 73.9 Å². The van der Waals surface area contributed by atoms with Crippen molar-refractivity contribution < 1.29 is 0 Å². The lowest BCUT2D eigenvalue weighted by molar-refractivity contribution is 0.739. The van der Waals surface area contributed by atoms with Crippen LogP contribution in [0.2, 0.25) is 0 Å². The normalized spacial score (nSPS) is 14.3. The van der Waals surface area contributed by atoms with Gasteiger partial charge in [-0.25, -0.2) is 0 Å². The van der Waals surface area contributed by atoms with E-state index in [0.29, 0.717) is 0 Å². The molecule has 0 heterocycles. The minimum atomic E-state index is 0.816. The molecule has 1 aliphatic rings. The summed E-state index contributed by atoms with van der Waals surface area (Å²) in [7, 11) is 0. The first-order chi connectivity index (χ1) is 7.31. The zero-order valence-corrected chi connectivity index (χ0v) is 10.6. The molecule has 0 saturated carbocycles. The summed E-state index contributed by atoms with van der Waals surface area (Å²) in [4.78, 5) is 0. The van der Waals surface area contributed by atoms with E-state index in [-0.39, 0.29) is 0 Å². The largest absolute Gasteiger partial charge is 0.330 e. The Labute approximate surface area is 100 Å². The van der Waals surface area contributed by atoms with Crippen molar-refractivity contribution in [3.8, 4) is 0 Å². The van der Waals surface area contributed by atoms with E-state index in [4.69, 9.17) is 5.73 Å². The lowest BCUT2D eigenvalue weighted by atomic mass is 9.99. The molecule has 15 heavy (non-hydrogen) atoms. The number of halogens is 1. The number of unbranched alkanes of at least 4 members (excludes halogenated alkanes) is 1. The van der Waals surface area contributed by atoms with Gasteiger partial charge in [-0.1, -0.05) is 15.9 Å². The first-order valence-electron chi connectivity index (χ1n) is 5.81. The fourth-order valence-electron chi connectivity index (χ4n) is 2.44. The molecule has 1 aromatic carbocycles. The molecule has 1 aliphatic carbocycles. The van der Waals surface area contributed by atoms with Crippen LogP contribution in [0.4, 0.5) is 0 Å². The summed E-state index contributed by atoms with van der Waals surface area (Å²) >= 11 is 3.60. The van der Waals surface area contributed by atoms with Gasteiger partial charge in [-0.15, -0.1) is 0 Å². The van der Waals surface area contributed by atoms with E-state index in [1.807, 2.05) is 0 Å². The number of hydrogen-bond acceptors (Lipinski definition) is 1. The van der Waals surface area contributed by atoms with Crippen LogP contribution in [0.3, 0.4) is 0 Å². The summed E-state index contributed by atoms with van der Waals surface area (Å²) in [5.41, 5.74) is 10.3. The average molecular weight is 268 g/mol. The predicted octanol–water partition coefficient (Wildman–Crippen LogP) is 3.22. The van der Waals surface area contributed by atoms with Crippen molar-refractivity contribution in [3.63, 3.8) is 0 Å². The maximum absolute atomic E-state index is 5.53. The van der Waals surface area contributed by atoms with Crippen LogP contribution in [-0.2, 0) is 19.3 Å². The fraction of sp³-hybridized carbons (Fsp3) is 0.538. The molecule has 1 nitrogen and oxygen atoms in total. The van der Waals surface area contributed by atoms with E-state index in [1.54, 1.807) is 16.7 Å². The van der Waals surface area contributed by atoms with Crippen molar-refractivity contribution in [2.24, 2.45) is 5.73 Å². The minimum absolute atomic E-state index is 0.816. The van der Waals surface area contributed by atoms with Gasteiger partial charge in [0.2, 0.25) is 0 Å². The van der Waals surface area contributed by atoms with Gasteiger partial charge in [-0.2, -0.15) is 0 Å². The average Bonchev–Trinajstić information content (AvgIpc) is 2.65. The quantitative estimate of drug-likeness (QED) is 0.834. The second kappa shape index (κ2) is 5.13. The standard InChI is InChI=1S/C13H18BrN/c14-12-8-10(4-1-2-7-15)13-6-3-5-11(13)9-12/h8-9H,1-7,15H2. The van der Waals surface area contributed by atoms with Crippen LogP contribution >= 0.6 is 15.9 Å². The second-order valence-corrected chi connectivity index (χ2v) is 5.22. The molecule has 2 N–H and O–H groups in total. The van der Waals surface area contributed by atoms with Gasteiger partial charge >= 0.3 is 0 Å². The molecule has 0 aromatic heterocycles. The lowest BCUT2D eigenvalue weighted by Gasteiger charge is -2.09. The van der Waals surface area contributed by atoms with E-state index >= 15 is 0 Å². The molecule has 0 bridgehead atoms. The van der Waals surface area contributed by atoms with E-state index in [1.165, 1.54) is 36.6 Å². The highest BCUT2D eigenvalue weighted by Crippen LogP contribution is 2.29. The Bertz CT molecular complexity index is 347. The maximum Gasteiger partial charge on any atom is 0.0180 e. The van der Waals surface area contributed by atoms with E-state index in [0.717, 1.165) is 13.0 Å². The molecule has 1 aromatic rings. The zero-order chi connectivity index (χ0) is 10.7. The Balaban J connectivity index is 2.15. The molecule has 0 atom stereocenters. The number of nitrogens with two attached hydrogens (primary N) is 1. The molecule has 0 fully saturated rings. The van der Waals surface area contributed by atoms with Crippen LogP contribution in [-0.4, -0.2) is 6.54 Å². The molecule has 0 aliphatic heterocycles. The van der Waals surface area contributed by atoms with Gasteiger partial charge in [0, 0.05) is 4.47 Å². The van der Waals surface area contributed by atoms with E-state index < -0.39 is 0 Å². The highest BCUT2D eigenvalue weighted by atomic mass is 79.9. The molecule has 0 amide bonds. The summed E-state index contributed by atoms with van der Waals surface area (Å²) < 4.78 is 1.24. The summed E-state index contributed by atoms with van der Waals surface area (Å²) in [5.74, 6) is 0. The van der Waals surface area contributed by atoms with Crippen molar-refractivity contribution in [2.75, 3.05) is 6.54 Å². The van der Waals surface area contributed by atoms with Gasteiger partial charge in [0.25, 0.3) is 0 Å². The highest BCUT2D eigenvalue weighted by Gasteiger charge is 2.15. The first kappa shape index (κ1) is 11.2. The monoisotopic (exact) mass is 267 g/mol. The third-order valence-corrected chi connectivity index (χ3v) is 3.63. The zero-order valence-electron chi connectivity index (χ0n) is 9.06. The SMILES string of the molecule is NCCCCc1cc(Br)cc2c1CCC2. The van der Waals surface area contributed by atoms with Crippen LogP contribution in [0.25, 0.3) is 0 Å². The van der Waals surface area contributed by atoms with Crippen molar-refractivity contribution in [1.29, 1.82) is 0 Å². The van der Waals surface area contributed by atoms with Crippen LogP contribution in [0.1, 0.15) is 36.0 Å². The smallest absolute Gasteiger partial charge is 0.0180 e. The van der Waals surface area contributed by atoms with Crippen LogP contribution < -0.4 is 5.73 Å². The summed E-state index contributed by atoms with van der Waals surface area (Å²) in [5, 5.41) is 0. The molecule has 2 heteroatoms. The van der Waals surface area contributed by atoms with Crippen LogP contribution in [0.15, 0.2) is 16.6 Å². The van der Waals surface area contributed by atoms with Gasteiger partial charge in [0.1, 0.15) is 0 Å². The van der Waals surface area contributed by atoms with Gasteiger partial charge < -0.3 is 5.73 Å². The lowest BCUT2D eigenvalue weighted by Crippen LogP contribution is -2.00. The molecule has 0 unspecified atom stereocenters. The molecule has 82 valence electrons. The second-order valence-electron chi connectivity index (χ2n) is 4.30. The Kier molecular flexibility index (Phi) is 3.81. The van der Waals surface area contributed by atoms with Gasteiger partial charge in [-0.3, -0.25) is 0 Å². The highest BCUT2D eigenvalue weighted by molar-refractivity contribution is 9.10. The van der Waals surface area contributed by atoms with Crippen molar-refractivity contribution in [3.05, 3.63) is 33.3 Å². The van der Waals surface area contributed by atoms with Gasteiger partial charge in [0.15, 0.2) is 0 Å². The maximum atomic E-state index is 5.53. The Morgan fingerprint density at radius 3 is 2.87 bits per heavy atom. The van der Waals surface area contributed by atoms with Crippen molar-refractivity contribution in [2.45, 2.75) is 38.5 Å².